The third-order valence-electron chi connectivity index (χ3n) is 0. The van der Waals surface area contributed by atoms with Crippen molar-refractivity contribution in [3.05, 3.63) is 10.1 Å². The summed E-state index contributed by atoms with van der Waals surface area (Å²) in [7, 11) is 0. The van der Waals surface area contributed by atoms with E-state index in [4.69, 9.17) is 10.1 Å². The molecule has 0 saturated carbocycles. The van der Waals surface area contributed by atoms with E-state index < -0.39 is 0 Å². The molecule has 6 heavy (non-hydrogen) atoms. The third kappa shape index (κ3) is 31.3. The maximum atomic E-state index is 8.00. The molecule has 0 atom stereocenters. The SMILES string of the molecule is O=N[O-].[Br-].[K+].[Na+]. The molecule has 0 unspecified atom stereocenters. The summed E-state index contributed by atoms with van der Waals surface area (Å²) in [6, 6.07) is 0. The summed E-state index contributed by atoms with van der Waals surface area (Å²) in [6.07, 6.45) is 0. The summed E-state index contributed by atoms with van der Waals surface area (Å²) < 4.78 is 0. The van der Waals surface area contributed by atoms with E-state index in [0.717, 1.165) is 5.34 Å². The van der Waals surface area contributed by atoms with Crippen molar-refractivity contribution in [2.75, 3.05) is 0 Å². The molecule has 0 spiro atoms. The largest absolute Gasteiger partial charge is 1.00 e. The second kappa shape index (κ2) is 25.8. The number of rotatable bonds is 0. The molecule has 0 aromatic heterocycles. The Kier molecular flexibility index (Phi) is 101. The van der Waals surface area contributed by atoms with Gasteiger partial charge in [-0.25, -0.2) is 0 Å². The van der Waals surface area contributed by atoms with Crippen LogP contribution in [0.3, 0.4) is 0 Å². The second-order valence-corrected chi connectivity index (χ2v) is 0.0745. The molecule has 0 heterocycles. The summed E-state index contributed by atoms with van der Waals surface area (Å²) >= 11 is 0. The standard InChI is InChI=1S/BrH.K.HNO2.Na/c;;2-1-3;/h1H;;(H,2,3);/q;+1;;+1/p-2. The van der Waals surface area contributed by atoms with Gasteiger partial charge >= 0.3 is 80.9 Å². The molecule has 0 amide bonds. The van der Waals surface area contributed by atoms with Crippen molar-refractivity contribution in [1.82, 2.24) is 0 Å². The average molecular weight is 188 g/mol. The van der Waals surface area contributed by atoms with Crippen LogP contribution >= 0.6 is 0 Å². The van der Waals surface area contributed by atoms with Crippen molar-refractivity contribution >= 4 is 0 Å². The van der Waals surface area contributed by atoms with Gasteiger partial charge in [-0.1, -0.05) is 0 Å². The van der Waals surface area contributed by atoms with Gasteiger partial charge in [0.2, 0.25) is 0 Å². The molecule has 3 nitrogen and oxygen atoms in total. The van der Waals surface area contributed by atoms with Gasteiger partial charge in [0.25, 0.3) is 0 Å². The van der Waals surface area contributed by atoms with Gasteiger partial charge in [-0.15, -0.1) is 5.34 Å². The summed E-state index contributed by atoms with van der Waals surface area (Å²) in [4.78, 5) is 8.00. The predicted octanol–water partition coefficient (Wildman–Crippen LogP) is -8.74. The molecule has 0 rings (SSSR count). The van der Waals surface area contributed by atoms with Crippen LogP contribution < -0.4 is 97.9 Å². The van der Waals surface area contributed by atoms with Crippen molar-refractivity contribution in [3.8, 4) is 0 Å². The Morgan fingerprint density at radius 3 is 1.50 bits per heavy atom. The number of halogens is 1. The van der Waals surface area contributed by atoms with Gasteiger partial charge in [-0.05, 0) is 0 Å². The molecular weight excluding hydrogens is 188 g/mol. The van der Waals surface area contributed by atoms with E-state index in [0.29, 0.717) is 0 Å². The molecule has 0 aromatic carbocycles. The molecule has 6 heteroatoms. The minimum absolute atomic E-state index is 0. The van der Waals surface area contributed by atoms with Crippen LogP contribution in [0.5, 0.6) is 0 Å². The average Bonchev–Trinajstić information content (AvgIpc) is 0.918. The van der Waals surface area contributed by atoms with Crippen LogP contribution in [0.25, 0.3) is 0 Å². The zero-order valence-corrected chi connectivity index (χ0v) is 10.4. The molecule has 0 N–H and O–H groups in total. The Labute approximate surface area is 111 Å². The van der Waals surface area contributed by atoms with Crippen LogP contribution in [0, 0.1) is 10.1 Å². The zero-order valence-electron chi connectivity index (χ0n) is 3.64. The fourth-order valence-electron chi connectivity index (χ4n) is 0. The molecule has 0 radical (unpaired) electrons. The fraction of sp³-hybridized carbons (Fsp3) is 0. The Hall–Kier alpha value is 2.52. The number of nitrogens with zero attached hydrogens (tertiary/aromatic N) is 1. The van der Waals surface area contributed by atoms with Crippen molar-refractivity contribution in [2.45, 2.75) is 0 Å². The summed E-state index contributed by atoms with van der Waals surface area (Å²) in [5, 5.41) is 9.00. The van der Waals surface area contributed by atoms with Crippen LogP contribution in [0.15, 0.2) is 5.34 Å². The first kappa shape index (κ1) is 23.6. The molecule has 0 aromatic rings. The topological polar surface area (TPSA) is 52.5 Å². The van der Waals surface area contributed by atoms with Crippen molar-refractivity contribution in [1.29, 1.82) is 0 Å². The zero-order chi connectivity index (χ0) is 2.71. The van der Waals surface area contributed by atoms with E-state index in [9.17, 15) is 0 Å². The van der Waals surface area contributed by atoms with Crippen LogP contribution in [0.1, 0.15) is 0 Å². The second-order valence-electron chi connectivity index (χ2n) is 0.0745. The summed E-state index contributed by atoms with van der Waals surface area (Å²) in [5.74, 6) is 0. The van der Waals surface area contributed by atoms with E-state index in [1.165, 1.54) is 0 Å². The van der Waals surface area contributed by atoms with E-state index >= 15 is 0 Å². The third-order valence-corrected chi connectivity index (χ3v) is 0. The van der Waals surface area contributed by atoms with Crippen LogP contribution in [-0.4, -0.2) is 0 Å². The Bertz CT molecular complexity index is 21.0. The van der Waals surface area contributed by atoms with Gasteiger partial charge in [0.05, 0.1) is 0 Å². The molecule has 0 bridgehead atoms. The monoisotopic (exact) mass is 187 g/mol. The Morgan fingerprint density at radius 1 is 1.50 bits per heavy atom. The van der Waals surface area contributed by atoms with E-state index in [2.05, 4.69) is 0 Å². The van der Waals surface area contributed by atoms with Gasteiger partial charge in [-0.2, -0.15) is 0 Å². The van der Waals surface area contributed by atoms with Gasteiger partial charge in [0.1, 0.15) is 0 Å². The molecule has 26 valence electrons. The molecular formula is BrKNNaO2. The quantitative estimate of drug-likeness (QED) is 0.215. The van der Waals surface area contributed by atoms with Crippen LogP contribution in [0.2, 0.25) is 0 Å². The summed E-state index contributed by atoms with van der Waals surface area (Å²) in [5.41, 5.74) is 0. The molecule has 0 aliphatic rings. The first-order chi connectivity index (χ1) is 1.41. The molecule has 0 saturated heterocycles. The van der Waals surface area contributed by atoms with Crippen LogP contribution in [-0.2, 0) is 0 Å². The Balaban J connectivity index is -0.00000000667. The van der Waals surface area contributed by atoms with Gasteiger partial charge in [0.15, 0.2) is 0 Å². The smallest absolute Gasteiger partial charge is 1.00 e. The first-order valence-corrected chi connectivity index (χ1v) is 0.365. The molecule has 0 aliphatic heterocycles. The summed E-state index contributed by atoms with van der Waals surface area (Å²) in [6.45, 7) is 0. The van der Waals surface area contributed by atoms with E-state index in [1.807, 2.05) is 0 Å². The normalized spacial score (nSPS) is 2.00. The maximum absolute atomic E-state index is 8.00. The minimum Gasteiger partial charge on any atom is -1.00 e. The molecule has 0 fully saturated rings. The fourth-order valence-corrected chi connectivity index (χ4v) is 0. The van der Waals surface area contributed by atoms with E-state index in [-0.39, 0.29) is 97.9 Å². The van der Waals surface area contributed by atoms with Crippen molar-refractivity contribution < 1.29 is 97.9 Å². The molecule has 0 aliphatic carbocycles. The minimum atomic E-state index is 0. The van der Waals surface area contributed by atoms with Gasteiger partial charge in [-0.3, -0.25) is 0 Å². The van der Waals surface area contributed by atoms with Gasteiger partial charge < -0.3 is 27.1 Å². The van der Waals surface area contributed by atoms with Crippen LogP contribution in [0.4, 0.5) is 0 Å². The number of hydrogen-bond acceptors (Lipinski definition) is 3. The van der Waals surface area contributed by atoms with Crippen molar-refractivity contribution in [2.24, 2.45) is 5.34 Å². The predicted molar refractivity (Wildman–Crippen MR) is 9.16 cm³/mol. The van der Waals surface area contributed by atoms with Crippen molar-refractivity contribution in [3.63, 3.8) is 0 Å². The van der Waals surface area contributed by atoms with Gasteiger partial charge in [0, 0.05) is 0 Å². The van der Waals surface area contributed by atoms with E-state index in [1.54, 1.807) is 0 Å². The number of hydrogen-bond donors (Lipinski definition) is 0. The maximum Gasteiger partial charge on any atom is 1.00 e. The first-order valence-electron chi connectivity index (χ1n) is 0.365. The Morgan fingerprint density at radius 2 is 1.50 bits per heavy atom.